The quantitative estimate of drug-likeness (QED) is 0.268. The van der Waals surface area contributed by atoms with Crippen LogP contribution in [0.2, 0.25) is 0 Å². The molecule has 0 radical (unpaired) electrons. The van der Waals surface area contributed by atoms with Crippen LogP contribution in [0.15, 0.2) is 60.0 Å². The van der Waals surface area contributed by atoms with Gasteiger partial charge in [0.05, 0.1) is 22.7 Å². The summed E-state index contributed by atoms with van der Waals surface area (Å²) in [5.74, 6) is -6.19. The van der Waals surface area contributed by atoms with E-state index in [-0.39, 0.29) is 6.42 Å². The first-order chi connectivity index (χ1) is 15.9. The second-order valence-corrected chi connectivity index (χ2v) is 8.77. The third-order valence-electron chi connectivity index (χ3n) is 4.45. The summed E-state index contributed by atoms with van der Waals surface area (Å²) in [5.41, 5.74) is 1.02. The predicted molar refractivity (Wildman–Crippen MR) is 120 cm³/mol. The molecule has 2 aromatic carbocycles. The Morgan fingerprint density at radius 3 is 2.48 bits per heavy atom. The minimum Gasteiger partial charge on any atom is -0.455 e. The Balaban J connectivity index is 1.43. The van der Waals surface area contributed by atoms with E-state index in [4.69, 9.17) is 4.74 Å². The molecule has 0 aliphatic carbocycles. The predicted octanol–water partition coefficient (Wildman–Crippen LogP) is 5.68. The molecule has 0 spiro atoms. The molecule has 4 aromatic rings. The number of thiophene rings is 1. The highest BCUT2D eigenvalue weighted by Crippen LogP contribution is 2.36. The van der Waals surface area contributed by atoms with Gasteiger partial charge in [0.2, 0.25) is 0 Å². The normalized spacial score (nSPS) is 10.8. The number of carbonyl (C=O) groups excluding carboxylic acids is 2. The van der Waals surface area contributed by atoms with E-state index in [1.807, 2.05) is 47.8 Å². The van der Waals surface area contributed by atoms with Crippen LogP contribution in [0.4, 0.5) is 18.9 Å². The van der Waals surface area contributed by atoms with Crippen molar-refractivity contribution in [2.45, 2.75) is 6.42 Å². The average molecular weight is 489 g/mol. The van der Waals surface area contributed by atoms with Crippen molar-refractivity contribution in [3.05, 3.63) is 82.3 Å². The van der Waals surface area contributed by atoms with Gasteiger partial charge in [0.25, 0.3) is 5.91 Å². The van der Waals surface area contributed by atoms with Gasteiger partial charge < -0.3 is 10.1 Å². The monoisotopic (exact) mass is 488 g/mol. The van der Waals surface area contributed by atoms with E-state index in [9.17, 15) is 22.8 Å². The highest BCUT2D eigenvalue weighted by Gasteiger charge is 2.20. The molecule has 4 rings (SSSR count). The Morgan fingerprint density at radius 2 is 1.76 bits per heavy atom. The second-order valence-electron chi connectivity index (χ2n) is 6.74. The van der Waals surface area contributed by atoms with Crippen LogP contribution in [0, 0.1) is 17.5 Å². The summed E-state index contributed by atoms with van der Waals surface area (Å²) in [4.78, 5) is 30.6. The van der Waals surface area contributed by atoms with Crippen molar-refractivity contribution in [2.75, 3.05) is 11.9 Å². The number of hydrogen-bond donors (Lipinski definition) is 1. The third-order valence-corrected chi connectivity index (χ3v) is 6.43. The molecule has 0 fully saturated rings. The summed E-state index contributed by atoms with van der Waals surface area (Å²) in [5, 5.41) is 4.70. The molecule has 0 bridgehead atoms. The molecule has 33 heavy (non-hydrogen) atoms. The minimum absolute atomic E-state index is 0.120. The highest BCUT2D eigenvalue weighted by molar-refractivity contribution is 7.17. The van der Waals surface area contributed by atoms with Crippen molar-refractivity contribution in [2.24, 2.45) is 0 Å². The number of rotatable bonds is 7. The van der Waals surface area contributed by atoms with E-state index in [0.29, 0.717) is 16.6 Å². The number of aromatic nitrogens is 1. The average Bonchev–Trinajstić information content (AvgIpc) is 3.49. The Bertz CT molecular complexity index is 1290. The molecule has 0 saturated heterocycles. The maximum Gasteiger partial charge on any atom is 0.311 e. The van der Waals surface area contributed by atoms with Gasteiger partial charge in [-0.1, -0.05) is 36.4 Å². The van der Waals surface area contributed by atoms with Crippen molar-refractivity contribution >= 4 is 40.2 Å². The molecule has 1 N–H and O–H groups in total. The number of esters is 1. The molecule has 0 aliphatic heterocycles. The molecule has 0 unspecified atom stereocenters. The van der Waals surface area contributed by atoms with Gasteiger partial charge in [0.1, 0.15) is 5.01 Å². The van der Waals surface area contributed by atoms with Crippen molar-refractivity contribution in [1.82, 2.24) is 4.98 Å². The van der Waals surface area contributed by atoms with E-state index < -0.39 is 41.6 Å². The van der Waals surface area contributed by atoms with Gasteiger partial charge in [-0.05, 0) is 23.6 Å². The molecule has 1 amide bonds. The number of ether oxygens (including phenoxy) is 1. The Hall–Kier alpha value is -3.50. The topological polar surface area (TPSA) is 68.3 Å². The number of carbonyl (C=O) groups is 2. The Labute approximate surface area is 194 Å². The molecular weight excluding hydrogens is 473 g/mol. The molecule has 2 heterocycles. The lowest BCUT2D eigenvalue weighted by Gasteiger charge is -2.08. The van der Waals surface area contributed by atoms with E-state index in [2.05, 4.69) is 10.3 Å². The molecule has 10 heteroatoms. The smallest absolute Gasteiger partial charge is 0.311 e. The number of amides is 1. The van der Waals surface area contributed by atoms with Crippen LogP contribution >= 0.6 is 22.7 Å². The van der Waals surface area contributed by atoms with Crippen LogP contribution in [0.5, 0.6) is 0 Å². The van der Waals surface area contributed by atoms with Gasteiger partial charge in [0.15, 0.2) is 24.1 Å². The fourth-order valence-electron chi connectivity index (χ4n) is 2.92. The zero-order valence-electron chi connectivity index (χ0n) is 16.8. The molecular formula is C23H15F3N2O3S2. The lowest BCUT2D eigenvalue weighted by atomic mass is 10.2. The zero-order chi connectivity index (χ0) is 23.4. The van der Waals surface area contributed by atoms with Crippen LogP contribution in [0.25, 0.3) is 21.1 Å². The second kappa shape index (κ2) is 9.97. The number of benzene rings is 2. The maximum atomic E-state index is 13.7. The Morgan fingerprint density at radius 1 is 0.970 bits per heavy atom. The Kier molecular flexibility index (Phi) is 6.85. The van der Waals surface area contributed by atoms with E-state index in [0.717, 1.165) is 21.5 Å². The van der Waals surface area contributed by atoms with Crippen LogP contribution in [0.1, 0.15) is 4.88 Å². The number of nitrogens with one attached hydrogen (secondary N) is 1. The number of hydrogen-bond acceptors (Lipinski definition) is 6. The first kappa shape index (κ1) is 22.7. The fraction of sp³-hybridized carbons (Fsp3) is 0.0870. The van der Waals surface area contributed by atoms with Crippen LogP contribution in [-0.2, 0) is 20.7 Å². The van der Waals surface area contributed by atoms with Gasteiger partial charge in [0, 0.05) is 10.4 Å². The van der Waals surface area contributed by atoms with Crippen molar-refractivity contribution < 1.29 is 27.5 Å². The maximum absolute atomic E-state index is 13.7. The van der Waals surface area contributed by atoms with Crippen LogP contribution in [0.3, 0.4) is 0 Å². The van der Waals surface area contributed by atoms with Crippen molar-refractivity contribution in [3.8, 4) is 21.1 Å². The fourth-order valence-corrected chi connectivity index (χ4v) is 4.79. The van der Waals surface area contributed by atoms with Crippen LogP contribution < -0.4 is 5.32 Å². The number of halogens is 3. The number of thiazole rings is 1. The summed E-state index contributed by atoms with van der Waals surface area (Å²) in [6.45, 7) is -0.712. The summed E-state index contributed by atoms with van der Waals surface area (Å²) in [6.07, 6.45) is -0.120. The summed E-state index contributed by atoms with van der Waals surface area (Å²) in [6, 6.07) is 14.9. The minimum atomic E-state index is -1.70. The van der Waals surface area contributed by atoms with Crippen molar-refractivity contribution in [1.29, 1.82) is 0 Å². The van der Waals surface area contributed by atoms with Gasteiger partial charge >= 0.3 is 5.97 Å². The summed E-state index contributed by atoms with van der Waals surface area (Å²) in [7, 11) is 0. The number of nitrogens with zero attached hydrogens (tertiary/aromatic N) is 1. The summed E-state index contributed by atoms with van der Waals surface area (Å²) >= 11 is 2.83. The summed E-state index contributed by atoms with van der Waals surface area (Å²) < 4.78 is 45.0. The molecule has 0 aliphatic rings. The van der Waals surface area contributed by atoms with Gasteiger partial charge in [-0.3, -0.25) is 9.59 Å². The third kappa shape index (κ3) is 5.29. The lowest BCUT2D eigenvalue weighted by molar-refractivity contribution is -0.146. The van der Waals surface area contributed by atoms with Gasteiger partial charge in [-0.25, -0.2) is 18.2 Å². The van der Waals surface area contributed by atoms with E-state index in [1.165, 1.54) is 22.7 Å². The standard InChI is InChI=1S/C23H15F3N2O3S2/c24-14-8-9-15(21(26)20(14)25)27-18(29)12-31-19(30)11-17-22(16-7-4-10-32-16)28-23(33-17)13-5-2-1-3-6-13/h1-10H,11-12H2,(H,27,29). The lowest BCUT2D eigenvalue weighted by Crippen LogP contribution is -2.22. The first-order valence-corrected chi connectivity index (χ1v) is 11.3. The molecule has 5 nitrogen and oxygen atoms in total. The first-order valence-electron chi connectivity index (χ1n) is 9.60. The molecule has 168 valence electrons. The highest BCUT2D eigenvalue weighted by atomic mass is 32.1. The van der Waals surface area contributed by atoms with Crippen LogP contribution in [-0.4, -0.2) is 23.5 Å². The SMILES string of the molecule is O=C(COC(=O)Cc1sc(-c2ccccc2)nc1-c1cccs1)Nc1ccc(F)c(F)c1F. The molecule has 0 saturated carbocycles. The molecule has 2 aromatic heterocycles. The van der Waals surface area contributed by atoms with Gasteiger partial charge in [-0.2, -0.15) is 0 Å². The zero-order valence-corrected chi connectivity index (χ0v) is 18.4. The van der Waals surface area contributed by atoms with Gasteiger partial charge in [-0.15, -0.1) is 22.7 Å². The largest absolute Gasteiger partial charge is 0.455 e. The van der Waals surface area contributed by atoms with Crippen molar-refractivity contribution in [3.63, 3.8) is 0 Å². The molecule has 0 atom stereocenters. The van der Waals surface area contributed by atoms with E-state index >= 15 is 0 Å². The van der Waals surface area contributed by atoms with E-state index in [1.54, 1.807) is 0 Å². The number of anilines is 1.